The van der Waals surface area contributed by atoms with Gasteiger partial charge in [-0.3, -0.25) is 10.2 Å². The molecule has 1 unspecified atom stereocenters. The molecule has 1 aromatic heterocycles. The summed E-state index contributed by atoms with van der Waals surface area (Å²) >= 11 is 1.59. The lowest BCUT2D eigenvalue weighted by Gasteiger charge is -2.43. The second-order valence-electron chi connectivity index (χ2n) is 7.61. The first-order chi connectivity index (χ1) is 15.9. The molecule has 176 valence electrons. The van der Waals surface area contributed by atoms with Crippen LogP contribution in [0.5, 0.6) is 5.75 Å². The van der Waals surface area contributed by atoms with Crippen molar-refractivity contribution in [2.45, 2.75) is 18.9 Å². The summed E-state index contributed by atoms with van der Waals surface area (Å²) in [5, 5.41) is 20.5. The quantitative estimate of drug-likeness (QED) is 0.540. The smallest absolute Gasteiger partial charge is 0.411 e. The lowest BCUT2D eigenvalue weighted by atomic mass is 9.86. The summed E-state index contributed by atoms with van der Waals surface area (Å²) in [6.45, 7) is 3.14. The zero-order valence-corrected chi connectivity index (χ0v) is 18.9. The third-order valence-electron chi connectivity index (χ3n) is 5.46. The monoisotopic (exact) mass is 474 g/mol. The van der Waals surface area contributed by atoms with E-state index in [1.807, 2.05) is 35.7 Å². The second kappa shape index (κ2) is 11.5. The van der Waals surface area contributed by atoms with Crippen LogP contribution in [0.3, 0.4) is 0 Å². The van der Waals surface area contributed by atoms with Crippen molar-refractivity contribution in [3.8, 4) is 16.2 Å². The number of thiophene rings is 1. The highest BCUT2D eigenvalue weighted by molar-refractivity contribution is 7.14. The number of carboxylic acid groups (broad SMARTS) is 2. The van der Waals surface area contributed by atoms with Gasteiger partial charge in [0.25, 0.3) is 0 Å². The molecule has 2 aromatic rings. The van der Waals surface area contributed by atoms with Crippen molar-refractivity contribution in [3.05, 3.63) is 47.9 Å². The molecular weight excluding hydrogens is 448 g/mol. The van der Waals surface area contributed by atoms with Crippen LogP contribution in [0.15, 0.2) is 47.9 Å². The molecule has 2 bridgehead atoms. The van der Waals surface area contributed by atoms with E-state index in [0.717, 1.165) is 54.4 Å². The molecule has 3 aliphatic rings. The maximum absolute atomic E-state index is 12.4. The highest BCUT2D eigenvalue weighted by Gasteiger charge is 2.36. The number of nitrogens with zero attached hydrogens (tertiary/aromatic N) is 1. The Morgan fingerprint density at radius 2 is 1.82 bits per heavy atom. The number of nitrogens with one attached hydrogen (secondary N) is 1. The number of fused-ring (bicyclic) bond motifs is 3. The Hall–Kier alpha value is -3.37. The molecule has 0 saturated carbocycles. The Kier molecular flexibility index (Phi) is 8.45. The molecule has 0 aliphatic carbocycles. The van der Waals surface area contributed by atoms with E-state index >= 15 is 0 Å². The number of carbonyl (C=O) groups is 3. The lowest BCUT2D eigenvalue weighted by molar-refractivity contribution is -0.134. The zero-order chi connectivity index (χ0) is 23.8. The summed E-state index contributed by atoms with van der Waals surface area (Å²) in [4.78, 5) is 34.9. The highest BCUT2D eigenvalue weighted by atomic mass is 32.1. The predicted octanol–water partition coefficient (Wildman–Crippen LogP) is 3.78. The molecular formula is C23H26N2O7S. The second-order valence-corrected chi connectivity index (χ2v) is 8.53. The summed E-state index contributed by atoms with van der Waals surface area (Å²) in [5.74, 6) is -1.21. The van der Waals surface area contributed by atoms with Crippen LogP contribution >= 0.6 is 11.3 Å². The minimum absolute atomic E-state index is 0.0152. The van der Waals surface area contributed by atoms with Crippen LogP contribution < -0.4 is 10.1 Å². The van der Waals surface area contributed by atoms with Gasteiger partial charge in [0.2, 0.25) is 0 Å². The number of hydrogen-bond donors (Lipinski definition) is 3. The van der Waals surface area contributed by atoms with Gasteiger partial charge in [0.15, 0.2) is 0 Å². The van der Waals surface area contributed by atoms with Gasteiger partial charge in [0.1, 0.15) is 11.9 Å². The number of rotatable bonds is 6. The molecule has 3 saturated heterocycles. The van der Waals surface area contributed by atoms with Crippen LogP contribution in [0.2, 0.25) is 0 Å². The van der Waals surface area contributed by atoms with Crippen LogP contribution in [0, 0.1) is 5.92 Å². The fourth-order valence-corrected chi connectivity index (χ4v) is 4.71. The molecule has 1 atom stereocenters. The number of hydrogen-bond acceptors (Lipinski definition) is 7. The standard InChI is InChI=1S/C19H22N2O3S.C4H4O4/c1-23-15-4-2-3-14(11-15)18-16(7-10-25-18)20-19(22)24-17-12-21-8-5-13(17)6-9-21;5-3(6)1-2-4(7)8/h2-4,7,10-11,13,17H,5-6,8-9,12H2,1H3,(H,20,22);1-2H,(H,5,6)(H,7,8)/b;2-1+. The summed E-state index contributed by atoms with van der Waals surface area (Å²) < 4.78 is 11.0. The number of amides is 1. The van der Waals surface area contributed by atoms with Crippen LogP contribution in [-0.4, -0.2) is 66.0 Å². The van der Waals surface area contributed by atoms with Crippen molar-refractivity contribution in [1.29, 1.82) is 0 Å². The molecule has 3 N–H and O–H groups in total. The third-order valence-corrected chi connectivity index (χ3v) is 6.42. The molecule has 9 nitrogen and oxygen atoms in total. The Labute approximate surface area is 195 Å². The van der Waals surface area contributed by atoms with Crippen LogP contribution in [-0.2, 0) is 14.3 Å². The molecule has 4 heterocycles. The van der Waals surface area contributed by atoms with E-state index in [2.05, 4.69) is 10.2 Å². The maximum Gasteiger partial charge on any atom is 0.411 e. The zero-order valence-electron chi connectivity index (χ0n) is 18.1. The molecule has 10 heteroatoms. The van der Waals surface area contributed by atoms with E-state index in [9.17, 15) is 14.4 Å². The minimum atomic E-state index is -1.26. The fraction of sp³-hybridized carbons (Fsp3) is 0.348. The average Bonchev–Trinajstić information content (AvgIpc) is 3.27. The number of benzene rings is 1. The first kappa shape index (κ1) is 24.3. The SMILES string of the molecule is COc1cccc(-c2sccc2NC(=O)OC2CN3CCC2CC3)c1.O=C(O)/C=C/C(=O)O. The molecule has 3 aliphatic heterocycles. The Bertz CT molecular complexity index is 996. The van der Waals surface area contributed by atoms with Gasteiger partial charge in [-0.1, -0.05) is 12.1 Å². The summed E-state index contributed by atoms with van der Waals surface area (Å²) in [6.07, 6.45) is 3.03. The average molecular weight is 475 g/mol. The van der Waals surface area contributed by atoms with Crippen molar-refractivity contribution in [3.63, 3.8) is 0 Å². The van der Waals surface area contributed by atoms with E-state index < -0.39 is 11.9 Å². The largest absolute Gasteiger partial charge is 0.497 e. The van der Waals surface area contributed by atoms with Gasteiger partial charge in [0.05, 0.1) is 17.7 Å². The number of piperidine rings is 3. The minimum Gasteiger partial charge on any atom is -0.497 e. The number of carboxylic acids is 2. The molecule has 5 rings (SSSR count). The molecule has 0 radical (unpaired) electrons. The molecule has 1 aromatic carbocycles. The Balaban J connectivity index is 0.000000331. The van der Waals surface area contributed by atoms with E-state index in [0.29, 0.717) is 18.1 Å². The lowest BCUT2D eigenvalue weighted by Crippen LogP contribution is -2.52. The number of anilines is 1. The predicted molar refractivity (Wildman–Crippen MR) is 124 cm³/mol. The van der Waals surface area contributed by atoms with E-state index in [1.54, 1.807) is 18.4 Å². The van der Waals surface area contributed by atoms with Gasteiger partial charge in [-0.2, -0.15) is 0 Å². The Morgan fingerprint density at radius 1 is 1.12 bits per heavy atom. The third kappa shape index (κ3) is 7.06. The van der Waals surface area contributed by atoms with Gasteiger partial charge in [-0.15, -0.1) is 11.3 Å². The van der Waals surface area contributed by atoms with Gasteiger partial charge in [0, 0.05) is 18.7 Å². The van der Waals surface area contributed by atoms with Gasteiger partial charge in [-0.05, 0) is 61.0 Å². The van der Waals surface area contributed by atoms with Crippen molar-refractivity contribution in [1.82, 2.24) is 4.90 Å². The summed E-state index contributed by atoms with van der Waals surface area (Å²) in [7, 11) is 1.65. The van der Waals surface area contributed by atoms with E-state index in [4.69, 9.17) is 19.7 Å². The van der Waals surface area contributed by atoms with Crippen molar-refractivity contribution < 1.29 is 34.1 Å². The Morgan fingerprint density at radius 3 is 2.39 bits per heavy atom. The fourth-order valence-electron chi connectivity index (χ4n) is 3.86. The normalized spacial score (nSPS) is 21.1. The maximum atomic E-state index is 12.4. The van der Waals surface area contributed by atoms with Crippen LogP contribution in [0.4, 0.5) is 10.5 Å². The van der Waals surface area contributed by atoms with Crippen LogP contribution in [0.1, 0.15) is 12.8 Å². The summed E-state index contributed by atoms with van der Waals surface area (Å²) in [6, 6.07) is 9.75. The number of methoxy groups -OCH3 is 1. The first-order valence-electron chi connectivity index (χ1n) is 10.4. The number of ether oxygens (including phenoxy) is 2. The highest BCUT2D eigenvalue weighted by Crippen LogP contribution is 2.36. The molecule has 1 amide bonds. The van der Waals surface area contributed by atoms with E-state index in [-0.39, 0.29) is 12.2 Å². The number of aliphatic carboxylic acids is 2. The summed E-state index contributed by atoms with van der Waals surface area (Å²) in [5.41, 5.74) is 1.80. The molecule has 3 fully saturated rings. The topological polar surface area (TPSA) is 125 Å². The van der Waals surface area contributed by atoms with Gasteiger partial charge >= 0.3 is 18.0 Å². The molecule has 0 spiro atoms. The van der Waals surface area contributed by atoms with Gasteiger partial charge < -0.3 is 19.7 Å². The van der Waals surface area contributed by atoms with E-state index in [1.165, 1.54) is 0 Å². The van der Waals surface area contributed by atoms with Crippen molar-refractivity contribution >= 4 is 35.1 Å². The first-order valence-corrected chi connectivity index (χ1v) is 11.3. The number of carbonyl (C=O) groups excluding carboxylic acids is 1. The van der Waals surface area contributed by atoms with Crippen molar-refractivity contribution in [2.75, 3.05) is 32.1 Å². The molecule has 33 heavy (non-hydrogen) atoms. The van der Waals surface area contributed by atoms with Gasteiger partial charge in [-0.25, -0.2) is 14.4 Å². The van der Waals surface area contributed by atoms with Crippen molar-refractivity contribution in [2.24, 2.45) is 5.92 Å². The van der Waals surface area contributed by atoms with Crippen LogP contribution in [0.25, 0.3) is 10.4 Å².